The average molecular weight is 864 g/mol. The molecule has 10 atom stereocenters. The third-order valence-corrected chi connectivity index (χ3v) is 9.32. The minimum atomic E-state index is -4.17. The Bertz CT molecular complexity index is 1810. The van der Waals surface area contributed by atoms with Crippen LogP contribution in [0.2, 0.25) is 0 Å². The molecule has 1 aromatic rings. The highest BCUT2D eigenvalue weighted by Gasteiger charge is 2.57. The lowest BCUT2D eigenvalue weighted by molar-refractivity contribution is -0.345. The van der Waals surface area contributed by atoms with E-state index in [-0.39, 0.29) is 4.90 Å². The quantitative estimate of drug-likeness (QED) is 0.0848. The molecule has 2 heterocycles. The minimum Gasteiger partial charge on any atom is -0.463 e. The van der Waals surface area contributed by atoms with Gasteiger partial charge in [-0.05, 0) is 31.3 Å². The van der Waals surface area contributed by atoms with Crippen LogP contribution in [0.5, 0.6) is 0 Å². The van der Waals surface area contributed by atoms with E-state index in [0.29, 0.717) is 0 Å². The Labute approximate surface area is 338 Å². The van der Waals surface area contributed by atoms with E-state index in [9.17, 15) is 42.0 Å². The molecule has 1 unspecified atom stereocenters. The van der Waals surface area contributed by atoms with Crippen LogP contribution in [-0.2, 0) is 91.0 Å². The molecule has 0 aliphatic carbocycles. The predicted molar refractivity (Wildman–Crippen MR) is 194 cm³/mol. The molecule has 0 aromatic heterocycles. The second-order valence-corrected chi connectivity index (χ2v) is 14.8. The molecule has 322 valence electrons. The summed E-state index contributed by atoms with van der Waals surface area (Å²) >= 11 is 5.30. The number of hydrogen-bond acceptors (Lipinski definition) is 20. The number of ether oxygens (including phenoxy) is 10. The van der Waals surface area contributed by atoms with Gasteiger partial charge < -0.3 is 52.7 Å². The normalized spacial score (nSPS) is 26.8. The second kappa shape index (κ2) is 21.1. The molecule has 3 rings (SSSR count). The molecule has 2 aliphatic rings. The Morgan fingerprint density at radius 2 is 1.03 bits per heavy atom. The maximum atomic E-state index is 12.9. The lowest BCUT2D eigenvalue weighted by Crippen LogP contribution is -2.69. The zero-order valence-corrected chi connectivity index (χ0v) is 34.2. The number of rotatable bonds is 15. The van der Waals surface area contributed by atoms with Gasteiger partial charge in [0.2, 0.25) is 0 Å². The topological polar surface area (TPSA) is 282 Å². The SMILES string of the molecule is CC(=O)OC[C@H]1O[C@@H](O[C@H]2[C@H](OC(C)=O)[C@@H](OC(C)=O)C(NC(=S)NNS(=O)(=O)c3ccc(C)cc3)O[C@@H]2COC(C)=O)[C@H](OC(C)=O)[C@@H](OC(C)=O)[C@H]1OC(C)=O. The summed E-state index contributed by atoms with van der Waals surface area (Å²) in [5.41, 5.74) is 3.10. The average Bonchev–Trinajstić information content (AvgIpc) is 3.09. The van der Waals surface area contributed by atoms with E-state index in [4.69, 9.17) is 59.6 Å². The Morgan fingerprint density at radius 1 is 0.603 bits per heavy atom. The number of carbonyl (C=O) groups is 7. The Kier molecular flexibility index (Phi) is 17.3. The summed E-state index contributed by atoms with van der Waals surface area (Å²) in [4.78, 5) is 88.0. The first-order valence-corrected chi connectivity index (χ1v) is 19.2. The van der Waals surface area contributed by atoms with Gasteiger partial charge in [-0.2, -0.15) is 0 Å². The molecule has 24 heteroatoms. The summed E-state index contributed by atoms with van der Waals surface area (Å²) < 4.78 is 82.0. The number of hydrogen-bond donors (Lipinski definition) is 3. The molecular formula is C34H45N3O19S2. The van der Waals surface area contributed by atoms with Gasteiger partial charge in [-0.3, -0.25) is 39.0 Å². The molecule has 2 fully saturated rings. The van der Waals surface area contributed by atoms with Crippen LogP contribution in [0.3, 0.4) is 0 Å². The molecule has 58 heavy (non-hydrogen) atoms. The maximum Gasteiger partial charge on any atom is 0.303 e. The number of nitrogens with one attached hydrogen (secondary N) is 3. The Balaban J connectivity index is 2.09. The van der Waals surface area contributed by atoms with Crippen LogP contribution >= 0.6 is 12.2 Å². The summed E-state index contributed by atoms with van der Waals surface area (Å²) in [5.74, 6) is -6.30. The van der Waals surface area contributed by atoms with Crippen molar-refractivity contribution in [2.45, 2.75) is 122 Å². The first kappa shape index (κ1) is 47.4. The van der Waals surface area contributed by atoms with Gasteiger partial charge in [0.1, 0.15) is 31.5 Å². The van der Waals surface area contributed by atoms with Gasteiger partial charge >= 0.3 is 41.8 Å². The number of benzene rings is 1. The van der Waals surface area contributed by atoms with E-state index in [0.717, 1.165) is 54.0 Å². The summed E-state index contributed by atoms with van der Waals surface area (Å²) in [6.07, 6.45) is -16.6. The molecule has 0 bridgehead atoms. The van der Waals surface area contributed by atoms with Crippen LogP contribution in [0.25, 0.3) is 0 Å². The van der Waals surface area contributed by atoms with E-state index < -0.39 is 131 Å². The second-order valence-electron chi connectivity index (χ2n) is 12.7. The molecule has 0 saturated carbocycles. The summed E-state index contributed by atoms with van der Waals surface area (Å²) in [5, 5.41) is 2.19. The molecule has 0 amide bonds. The lowest BCUT2D eigenvalue weighted by atomic mass is 9.95. The number of hydrazine groups is 1. The fourth-order valence-electron chi connectivity index (χ4n) is 5.68. The van der Waals surface area contributed by atoms with Crippen LogP contribution in [0.1, 0.15) is 54.0 Å². The van der Waals surface area contributed by atoms with Crippen LogP contribution in [-0.4, -0.2) is 130 Å². The van der Waals surface area contributed by atoms with Gasteiger partial charge in [0.05, 0.1) is 4.90 Å². The lowest BCUT2D eigenvalue weighted by Gasteiger charge is -2.49. The smallest absolute Gasteiger partial charge is 0.303 e. The van der Waals surface area contributed by atoms with E-state index in [1.54, 1.807) is 19.1 Å². The number of esters is 7. The van der Waals surface area contributed by atoms with Crippen molar-refractivity contribution < 1.29 is 89.3 Å². The van der Waals surface area contributed by atoms with E-state index in [1.165, 1.54) is 12.1 Å². The van der Waals surface area contributed by atoms with E-state index >= 15 is 0 Å². The Hall–Kier alpha value is -5.01. The first-order valence-electron chi connectivity index (χ1n) is 17.3. The van der Waals surface area contributed by atoms with Crippen molar-refractivity contribution in [2.24, 2.45) is 0 Å². The molecule has 1 aromatic carbocycles. The van der Waals surface area contributed by atoms with Gasteiger partial charge in [0.15, 0.2) is 48.2 Å². The van der Waals surface area contributed by atoms with Crippen LogP contribution < -0.4 is 15.6 Å². The van der Waals surface area contributed by atoms with Crippen LogP contribution in [0.4, 0.5) is 0 Å². The van der Waals surface area contributed by atoms with Crippen molar-refractivity contribution in [1.29, 1.82) is 0 Å². The fourth-order valence-corrected chi connectivity index (χ4v) is 6.76. The largest absolute Gasteiger partial charge is 0.463 e. The van der Waals surface area contributed by atoms with E-state index in [1.807, 2.05) is 0 Å². The summed E-state index contributed by atoms with van der Waals surface area (Å²) in [7, 11) is -4.17. The third-order valence-electron chi connectivity index (χ3n) is 7.83. The predicted octanol–water partition coefficient (Wildman–Crippen LogP) is -0.728. The first-order chi connectivity index (χ1) is 27.1. The van der Waals surface area contributed by atoms with Gasteiger partial charge in [0.25, 0.3) is 10.0 Å². The molecule has 0 radical (unpaired) electrons. The zero-order valence-electron chi connectivity index (χ0n) is 32.6. The minimum absolute atomic E-state index is 0.112. The van der Waals surface area contributed by atoms with Gasteiger partial charge in [0, 0.05) is 48.5 Å². The molecule has 0 spiro atoms. The molecule has 2 saturated heterocycles. The van der Waals surface area contributed by atoms with Gasteiger partial charge in [-0.15, -0.1) is 4.83 Å². The van der Waals surface area contributed by atoms with Crippen molar-refractivity contribution in [2.75, 3.05) is 13.2 Å². The van der Waals surface area contributed by atoms with Crippen molar-refractivity contribution >= 4 is 69.1 Å². The Morgan fingerprint density at radius 3 is 1.52 bits per heavy atom. The van der Waals surface area contributed by atoms with Crippen LogP contribution in [0, 0.1) is 6.92 Å². The summed E-state index contributed by atoms with van der Waals surface area (Å²) in [6, 6.07) is 5.85. The monoisotopic (exact) mass is 863 g/mol. The molecule has 2 aliphatic heterocycles. The standard InChI is InChI=1S/C34H45N3O19S2/c1-15-9-11-23(12-10-15)58(45,46)37-36-34(57)35-32-30(52-21(7)43)28(50-19(5)41)27(24(54-32)13-47-16(2)38)56-33-31(53-22(8)44)29(51-20(6)42)26(49-18(4)40)25(55-33)14-48-17(3)39/h9-12,24-33,37H,13-14H2,1-8H3,(H2,35,36,57)/t24-,25-,26+,27-,28+,29+,30-,31-,32?,33+/m1/s1. The maximum absolute atomic E-state index is 12.9. The molecule has 3 N–H and O–H groups in total. The van der Waals surface area contributed by atoms with Crippen molar-refractivity contribution in [3.63, 3.8) is 0 Å². The number of aryl methyl sites for hydroxylation is 1. The molecular weight excluding hydrogens is 819 g/mol. The molecule has 22 nitrogen and oxygen atoms in total. The number of carbonyl (C=O) groups excluding carboxylic acids is 7. The summed E-state index contributed by atoms with van der Waals surface area (Å²) in [6.45, 7) is 7.67. The number of thiocarbonyl (C=S) groups is 1. The highest BCUT2D eigenvalue weighted by molar-refractivity contribution is 7.89. The highest BCUT2D eigenvalue weighted by atomic mass is 32.2. The fraction of sp³-hybridized carbons (Fsp3) is 0.588. The third kappa shape index (κ3) is 14.1. The zero-order chi connectivity index (χ0) is 43.5. The van der Waals surface area contributed by atoms with Crippen molar-refractivity contribution in [1.82, 2.24) is 15.6 Å². The van der Waals surface area contributed by atoms with Gasteiger partial charge in [-0.1, -0.05) is 17.7 Å². The van der Waals surface area contributed by atoms with E-state index in [2.05, 4.69) is 15.6 Å². The van der Waals surface area contributed by atoms with Crippen LogP contribution in [0.15, 0.2) is 29.2 Å². The van der Waals surface area contributed by atoms with Crippen molar-refractivity contribution in [3.8, 4) is 0 Å². The number of sulfonamides is 1. The highest BCUT2D eigenvalue weighted by Crippen LogP contribution is 2.35. The van der Waals surface area contributed by atoms with Gasteiger partial charge in [-0.25, -0.2) is 8.42 Å². The van der Waals surface area contributed by atoms with Crippen molar-refractivity contribution in [3.05, 3.63) is 29.8 Å².